The monoisotopic (exact) mass is 254 g/mol. The molecule has 2 aliphatic rings. The molecule has 0 spiro atoms. The van der Waals surface area contributed by atoms with Crippen LogP contribution in [0.4, 0.5) is 0 Å². The van der Waals surface area contributed by atoms with Gasteiger partial charge < -0.3 is 10.2 Å². The number of rotatable bonds is 4. The third kappa shape index (κ3) is 2.55. The van der Waals surface area contributed by atoms with Crippen LogP contribution in [0.1, 0.15) is 25.7 Å². The first-order valence-corrected chi connectivity index (χ1v) is 6.32. The van der Waals surface area contributed by atoms with Crippen molar-refractivity contribution in [2.45, 2.75) is 37.8 Å². The number of nitrogens with two attached hydrogens (primary N) is 2. The zero-order chi connectivity index (χ0) is 13.1. The van der Waals surface area contributed by atoms with Crippen molar-refractivity contribution >= 4 is 17.8 Å². The van der Waals surface area contributed by atoms with Crippen LogP contribution in [0.5, 0.6) is 0 Å². The molecular formula is C11H20N5O2+. The normalized spacial score (nSPS) is 26.8. The van der Waals surface area contributed by atoms with E-state index < -0.39 is 6.04 Å². The van der Waals surface area contributed by atoms with E-state index in [1.54, 1.807) is 4.90 Å². The molecule has 2 saturated heterocycles. The minimum Gasteiger partial charge on any atom is -0.343 e. The van der Waals surface area contributed by atoms with E-state index >= 15 is 0 Å². The van der Waals surface area contributed by atoms with E-state index in [9.17, 15) is 9.59 Å². The van der Waals surface area contributed by atoms with E-state index in [1.807, 2.05) is 0 Å². The first-order chi connectivity index (χ1) is 8.59. The molecule has 2 amide bonds. The van der Waals surface area contributed by atoms with Gasteiger partial charge in [0.15, 0.2) is 0 Å². The lowest BCUT2D eigenvalue weighted by atomic mass is 10.0. The summed E-state index contributed by atoms with van der Waals surface area (Å²) in [5.74, 6) is 0.199. The molecule has 2 rings (SSSR count). The lowest BCUT2D eigenvalue weighted by Gasteiger charge is -2.34. The number of amides is 2. The molecule has 0 saturated carbocycles. The Hall–Kier alpha value is -1.79. The molecule has 6 N–H and O–H groups in total. The third-order valence-corrected chi connectivity index (χ3v) is 3.45. The minimum atomic E-state index is -0.396. The van der Waals surface area contributed by atoms with Gasteiger partial charge in [-0.15, -0.1) is 0 Å². The smallest absolute Gasteiger partial charge is 0.338 e. The zero-order valence-corrected chi connectivity index (χ0v) is 10.3. The Morgan fingerprint density at radius 3 is 2.94 bits per heavy atom. The van der Waals surface area contributed by atoms with Gasteiger partial charge >= 0.3 is 5.96 Å². The fraction of sp³-hybridized carbons (Fsp3) is 0.727. The summed E-state index contributed by atoms with van der Waals surface area (Å²) in [7, 11) is 0. The Morgan fingerprint density at radius 2 is 2.22 bits per heavy atom. The predicted octanol–water partition coefficient (Wildman–Crippen LogP) is -3.39. The van der Waals surface area contributed by atoms with E-state index in [1.165, 1.54) is 0 Å². The van der Waals surface area contributed by atoms with Crippen molar-refractivity contribution in [3.63, 3.8) is 0 Å². The Balaban J connectivity index is 1.87. The summed E-state index contributed by atoms with van der Waals surface area (Å²) in [6.07, 6.45) is 3.03. The number of carbonyl (C=O) groups is 2. The van der Waals surface area contributed by atoms with Gasteiger partial charge in [-0.3, -0.25) is 26.0 Å². The maximum Gasteiger partial charge on any atom is 0.338 e. The van der Waals surface area contributed by atoms with Crippen LogP contribution in [-0.2, 0) is 9.59 Å². The van der Waals surface area contributed by atoms with E-state index in [0.717, 1.165) is 19.3 Å². The van der Waals surface area contributed by atoms with Crippen LogP contribution in [0, 0.1) is 0 Å². The molecule has 2 fully saturated rings. The van der Waals surface area contributed by atoms with Crippen molar-refractivity contribution < 1.29 is 14.6 Å². The van der Waals surface area contributed by atoms with Crippen molar-refractivity contribution in [1.29, 1.82) is 0 Å². The number of nitrogens with zero attached hydrogens (tertiary/aromatic N) is 1. The highest BCUT2D eigenvalue weighted by atomic mass is 16.2. The maximum absolute atomic E-state index is 12.1. The summed E-state index contributed by atoms with van der Waals surface area (Å²) >= 11 is 0. The van der Waals surface area contributed by atoms with Gasteiger partial charge in [0.25, 0.3) is 0 Å². The molecule has 18 heavy (non-hydrogen) atoms. The topological polar surface area (TPSA) is 115 Å². The van der Waals surface area contributed by atoms with Crippen LogP contribution in [0.3, 0.4) is 0 Å². The Kier molecular flexibility index (Phi) is 3.69. The van der Waals surface area contributed by atoms with Crippen LogP contribution in [0.25, 0.3) is 0 Å². The van der Waals surface area contributed by atoms with Crippen molar-refractivity contribution in [3.8, 4) is 0 Å². The molecule has 0 unspecified atom stereocenters. The highest BCUT2D eigenvalue weighted by Crippen LogP contribution is 2.22. The molecule has 0 aromatic heterocycles. The minimum absolute atomic E-state index is 0.0186. The van der Waals surface area contributed by atoms with Gasteiger partial charge in [0, 0.05) is 6.54 Å². The highest BCUT2D eigenvalue weighted by molar-refractivity contribution is 5.97. The first-order valence-electron chi connectivity index (χ1n) is 6.32. The van der Waals surface area contributed by atoms with E-state index in [2.05, 4.69) is 10.3 Å². The highest BCUT2D eigenvalue weighted by Gasteiger charge is 2.42. The van der Waals surface area contributed by atoms with Gasteiger partial charge in [-0.25, -0.2) is 0 Å². The van der Waals surface area contributed by atoms with Crippen LogP contribution in [-0.4, -0.2) is 47.8 Å². The summed E-state index contributed by atoms with van der Waals surface area (Å²) in [5, 5.41) is 2.80. The molecule has 0 aromatic carbocycles. The van der Waals surface area contributed by atoms with Crippen LogP contribution in [0.2, 0.25) is 0 Å². The van der Waals surface area contributed by atoms with Gasteiger partial charge in [-0.1, -0.05) is 0 Å². The number of piperazine rings is 1. The summed E-state index contributed by atoms with van der Waals surface area (Å²) in [4.78, 5) is 28.4. The van der Waals surface area contributed by atoms with Gasteiger partial charge in [0.1, 0.15) is 12.1 Å². The van der Waals surface area contributed by atoms with E-state index in [0.29, 0.717) is 19.5 Å². The Morgan fingerprint density at radius 1 is 1.44 bits per heavy atom. The predicted molar refractivity (Wildman–Crippen MR) is 65.1 cm³/mol. The van der Waals surface area contributed by atoms with Gasteiger partial charge in [0.2, 0.25) is 11.8 Å². The SMILES string of the molecule is NC(N)=[NH+]CCC[C@@H]1NC(=O)[C@H]2CCCN2C1=O. The molecule has 0 radical (unpaired) electrons. The van der Waals surface area contributed by atoms with E-state index in [-0.39, 0.29) is 23.8 Å². The first kappa shape index (κ1) is 12.7. The third-order valence-electron chi connectivity index (χ3n) is 3.45. The number of guanidine groups is 1. The van der Waals surface area contributed by atoms with Crippen molar-refractivity contribution in [2.75, 3.05) is 13.1 Å². The summed E-state index contributed by atoms with van der Waals surface area (Å²) in [6.45, 7) is 1.31. The number of nitrogens with one attached hydrogen (secondary N) is 2. The molecular weight excluding hydrogens is 234 g/mol. The molecule has 0 aromatic rings. The summed E-state index contributed by atoms with van der Waals surface area (Å²) in [5.41, 5.74) is 10.5. The van der Waals surface area contributed by atoms with E-state index in [4.69, 9.17) is 11.5 Å². The molecule has 2 heterocycles. The molecule has 0 aliphatic carbocycles. The standard InChI is InChI=1S/C11H19N5O2/c12-11(13)14-5-1-3-7-10(18)16-6-2-4-8(16)9(17)15-7/h7-8H,1-6H2,(H,15,17)(H4,12,13,14)/p+1/t7-,8+/m0/s1. The van der Waals surface area contributed by atoms with Gasteiger partial charge in [-0.2, -0.15) is 0 Å². The van der Waals surface area contributed by atoms with Gasteiger partial charge in [0.05, 0.1) is 6.54 Å². The largest absolute Gasteiger partial charge is 0.343 e. The number of hydrogen-bond acceptors (Lipinski definition) is 2. The second-order valence-electron chi connectivity index (χ2n) is 4.78. The number of carbonyl (C=O) groups excluding carboxylic acids is 2. The maximum atomic E-state index is 12.1. The quantitative estimate of drug-likeness (QED) is 0.238. The van der Waals surface area contributed by atoms with Gasteiger partial charge in [-0.05, 0) is 25.7 Å². The van der Waals surface area contributed by atoms with Crippen LogP contribution >= 0.6 is 0 Å². The fourth-order valence-corrected chi connectivity index (χ4v) is 2.57. The second kappa shape index (κ2) is 5.24. The van der Waals surface area contributed by atoms with Crippen LogP contribution < -0.4 is 21.8 Å². The Labute approximate surface area is 106 Å². The lowest BCUT2D eigenvalue weighted by Crippen LogP contribution is -2.78. The molecule has 2 aliphatic heterocycles. The lowest BCUT2D eigenvalue weighted by molar-refractivity contribution is -0.459. The van der Waals surface area contributed by atoms with Crippen molar-refractivity contribution in [3.05, 3.63) is 0 Å². The van der Waals surface area contributed by atoms with Crippen molar-refractivity contribution in [2.24, 2.45) is 11.5 Å². The Bertz CT molecular complexity index is 378. The zero-order valence-electron chi connectivity index (χ0n) is 10.3. The number of hydrogen-bond donors (Lipinski definition) is 4. The average Bonchev–Trinajstić information content (AvgIpc) is 2.80. The summed E-state index contributed by atoms with van der Waals surface area (Å²) in [6, 6.07) is -0.632. The summed E-state index contributed by atoms with van der Waals surface area (Å²) < 4.78 is 0. The number of fused-ring (bicyclic) bond motifs is 1. The molecule has 7 nitrogen and oxygen atoms in total. The second-order valence-corrected chi connectivity index (χ2v) is 4.78. The molecule has 0 bridgehead atoms. The molecule has 7 heteroatoms. The van der Waals surface area contributed by atoms with Crippen molar-refractivity contribution in [1.82, 2.24) is 10.2 Å². The average molecular weight is 254 g/mol. The molecule has 100 valence electrons. The fourth-order valence-electron chi connectivity index (χ4n) is 2.57. The van der Waals surface area contributed by atoms with Crippen LogP contribution in [0.15, 0.2) is 0 Å². The molecule has 2 atom stereocenters.